The van der Waals surface area contributed by atoms with Crippen molar-refractivity contribution >= 4 is 0 Å². The second-order valence-electron chi connectivity index (χ2n) is 4.32. The van der Waals surface area contributed by atoms with Crippen LogP contribution < -0.4 is 0 Å². The van der Waals surface area contributed by atoms with Gasteiger partial charge >= 0.3 is 0 Å². The summed E-state index contributed by atoms with van der Waals surface area (Å²) in [5.41, 5.74) is 4.29. The van der Waals surface area contributed by atoms with Crippen LogP contribution in [0.1, 0.15) is 0 Å². The lowest BCUT2D eigenvalue weighted by Crippen LogP contribution is -1.91. The monoisotopic (exact) mass is 238 g/mol. The highest BCUT2D eigenvalue weighted by Crippen LogP contribution is 2.29. The molecule has 0 unspecified atom stereocenters. The molecule has 0 N–H and O–H groups in total. The Labute approximate surface area is 106 Å². The van der Waals surface area contributed by atoms with Crippen LogP contribution in [0.5, 0.6) is 0 Å². The van der Waals surface area contributed by atoms with Crippen LogP contribution >= 0.6 is 0 Å². The van der Waals surface area contributed by atoms with Crippen LogP contribution in [0.3, 0.4) is 0 Å². The van der Waals surface area contributed by atoms with Gasteiger partial charge in [-0.1, -0.05) is 30.3 Å². The van der Waals surface area contributed by atoms with Crippen LogP contribution in [0.4, 0.5) is 0 Å². The van der Waals surface area contributed by atoms with Gasteiger partial charge in [-0.15, -0.1) is 0 Å². The van der Waals surface area contributed by atoms with Crippen molar-refractivity contribution in [2.24, 2.45) is 14.1 Å². The van der Waals surface area contributed by atoms with Gasteiger partial charge in [0.25, 0.3) is 0 Å². The molecule has 0 bridgehead atoms. The highest BCUT2D eigenvalue weighted by Gasteiger charge is 2.13. The number of aromatic nitrogens is 4. The molecule has 3 rings (SSSR count). The van der Waals surface area contributed by atoms with E-state index in [2.05, 4.69) is 22.2 Å². The van der Waals surface area contributed by atoms with E-state index in [9.17, 15) is 0 Å². The second-order valence-corrected chi connectivity index (χ2v) is 4.32. The van der Waals surface area contributed by atoms with Crippen LogP contribution in [-0.2, 0) is 14.1 Å². The van der Waals surface area contributed by atoms with Crippen LogP contribution in [0.15, 0.2) is 49.1 Å². The van der Waals surface area contributed by atoms with Gasteiger partial charge in [0.05, 0.1) is 23.9 Å². The Morgan fingerprint density at radius 3 is 2.44 bits per heavy atom. The van der Waals surface area contributed by atoms with E-state index < -0.39 is 0 Å². The van der Waals surface area contributed by atoms with E-state index in [0.29, 0.717) is 0 Å². The Kier molecular flexibility index (Phi) is 2.48. The van der Waals surface area contributed by atoms with Gasteiger partial charge in [0, 0.05) is 31.4 Å². The molecule has 0 spiro atoms. The first-order valence-corrected chi connectivity index (χ1v) is 5.81. The minimum absolute atomic E-state index is 0.969. The van der Waals surface area contributed by atoms with Gasteiger partial charge in [0.2, 0.25) is 0 Å². The van der Waals surface area contributed by atoms with Gasteiger partial charge in [0.15, 0.2) is 0 Å². The fourth-order valence-electron chi connectivity index (χ4n) is 2.12. The lowest BCUT2D eigenvalue weighted by atomic mass is 10.1. The zero-order valence-corrected chi connectivity index (χ0v) is 10.4. The first-order valence-electron chi connectivity index (χ1n) is 5.81. The molecular formula is C14H14N4. The molecule has 4 nitrogen and oxygen atoms in total. The number of hydrogen-bond donors (Lipinski definition) is 0. The third kappa shape index (κ3) is 1.72. The Hall–Kier alpha value is -2.36. The average Bonchev–Trinajstić information content (AvgIpc) is 2.96. The van der Waals surface area contributed by atoms with E-state index in [1.807, 2.05) is 55.6 Å². The zero-order chi connectivity index (χ0) is 12.5. The van der Waals surface area contributed by atoms with E-state index >= 15 is 0 Å². The van der Waals surface area contributed by atoms with Crippen molar-refractivity contribution < 1.29 is 0 Å². The molecule has 0 radical (unpaired) electrons. The fourth-order valence-corrected chi connectivity index (χ4v) is 2.12. The normalized spacial score (nSPS) is 10.8. The Morgan fingerprint density at radius 2 is 1.78 bits per heavy atom. The van der Waals surface area contributed by atoms with E-state index in [1.54, 1.807) is 4.68 Å². The molecule has 2 aromatic heterocycles. The van der Waals surface area contributed by atoms with Gasteiger partial charge in [0.1, 0.15) is 0 Å². The zero-order valence-electron chi connectivity index (χ0n) is 10.4. The first-order chi connectivity index (χ1) is 8.75. The number of benzene rings is 1. The fraction of sp³-hybridized carbons (Fsp3) is 0.143. The molecule has 0 aliphatic rings. The average molecular weight is 238 g/mol. The smallest absolute Gasteiger partial charge is 0.0994 e. The van der Waals surface area contributed by atoms with Gasteiger partial charge in [-0.3, -0.25) is 4.68 Å². The van der Waals surface area contributed by atoms with Crippen LogP contribution in [0, 0.1) is 0 Å². The quantitative estimate of drug-likeness (QED) is 0.687. The lowest BCUT2D eigenvalue weighted by Gasteiger charge is -2.04. The largest absolute Gasteiger partial charge is 0.333 e. The maximum absolute atomic E-state index is 4.49. The van der Waals surface area contributed by atoms with Crippen molar-refractivity contribution in [1.82, 2.24) is 19.3 Å². The molecule has 90 valence electrons. The van der Waals surface area contributed by atoms with Crippen LogP contribution in [0.25, 0.3) is 22.5 Å². The Balaban J connectivity index is 2.18. The number of aryl methyl sites for hydroxylation is 2. The predicted octanol–water partition coefficient (Wildman–Crippen LogP) is 2.49. The molecule has 1 aromatic carbocycles. The lowest BCUT2D eigenvalue weighted by molar-refractivity contribution is 0.768. The predicted molar refractivity (Wildman–Crippen MR) is 70.8 cm³/mol. The summed E-state index contributed by atoms with van der Waals surface area (Å²) in [6.07, 6.45) is 5.66. The maximum atomic E-state index is 4.49. The number of hydrogen-bond acceptors (Lipinski definition) is 2. The van der Waals surface area contributed by atoms with Gasteiger partial charge in [-0.25, -0.2) is 4.98 Å². The summed E-state index contributed by atoms with van der Waals surface area (Å²) in [5, 5.41) is 4.20. The summed E-state index contributed by atoms with van der Waals surface area (Å²) in [6, 6.07) is 10.3. The van der Waals surface area contributed by atoms with Crippen LogP contribution in [0.2, 0.25) is 0 Å². The number of imidazole rings is 1. The standard InChI is InChI=1S/C14H14N4/c1-17-10-15-13(12-8-16-18(2)9-12)14(17)11-6-4-3-5-7-11/h3-10H,1-2H3. The Morgan fingerprint density at radius 1 is 1.00 bits per heavy atom. The SMILES string of the molecule is Cn1cc(-c2ncn(C)c2-c2ccccc2)cn1. The second kappa shape index (κ2) is 4.14. The van der Waals surface area contributed by atoms with Crippen molar-refractivity contribution in [2.75, 3.05) is 0 Å². The first kappa shape index (κ1) is 10.8. The summed E-state index contributed by atoms with van der Waals surface area (Å²) in [5.74, 6) is 0. The molecule has 0 saturated carbocycles. The highest BCUT2D eigenvalue weighted by molar-refractivity contribution is 5.77. The highest BCUT2D eigenvalue weighted by atomic mass is 15.2. The van der Waals surface area contributed by atoms with Crippen molar-refractivity contribution in [3.8, 4) is 22.5 Å². The third-order valence-electron chi connectivity index (χ3n) is 2.96. The molecule has 0 atom stereocenters. The molecular weight excluding hydrogens is 224 g/mol. The molecule has 0 saturated heterocycles. The summed E-state index contributed by atoms with van der Waals surface area (Å²) < 4.78 is 3.83. The van der Waals surface area contributed by atoms with Crippen molar-refractivity contribution in [1.29, 1.82) is 0 Å². The summed E-state index contributed by atoms with van der Waals surface area (Å²) in [6.45, 7) is 0. The van der Waals surface area contributed by atoms with Crippen LogP contribution in [-0.4, -0.2) is 19.3 Å². The number of rotatable bonds is 2. The molecule has 0 aliphatic heterocycles. The molecule has 0 fully saturated rings. The van der Waals surface area contributed by atoms with Gasteiger partial charge in [-0.05, 0) is 0 Å². The van der Waals surface area contributed by atoms with Gasteiger partial charge in [-0.2, -0.15) is 5.10 Å². The topological polar surface area (TPSA) is 35.6 Å². The summed E-state index contributed by atoms with van der Waals surface area (Å²) in [4.78, 5) is 4.49. The molecule has 2 heterocycles. The van der Waals surface area contributed by atoms with E-state index in [4.69, 9.17) is 0 Å². The maximum Gasteiger partial charge on any atom is 0.0994 e. The van der Waals surface area contributed by atoms with E-state index in [-0.39, 0.29) is 0 Å². The molecule has 18 heavy (non-hydrogen) atoms. The molecule has 0 aliphatic carbocycles. The van der Waals surface area contributed by atoms with Gasteiger partial charge < -0.3 is 4.57 Å². The van der Waals surface area contributed by atoms with E-state index in [0.717, 1.165) is 22.5 Å². The minimum Gasteiger partial charge on any atom is -0.333 e. The molecule has 3 aromatic rings. The van der Waals surface area contributed by atoms with Crippen molar-refractivity contribution in [3.05, 3.63) is 49.1 Å². The van der Waals surface area contributed by atoms with Crippen molar-refractivity contribution in [2.45, 2.75) is 0 Å². The molecule has 0 amide bonds. The molecule has 4 heteroatoms. The van der Waals surface area contributed by atoms with E-state index in [1.165, 1.54) is 0 Å². The minimum atomic E-state index is 0.969. The summed E-state index contributed by atoms with van der Waals surface area (Å²) >= 11 is 0. The van der Waals surface area contributed by atoms with Crippen molar-refractivity contribution in [3.63, 3.8) is 0 Å². The summed E-state index contributed by atoms with van der Waals surface area (Å²) in [7, 11) is 3.92. The Bertz CT molecular complexity index is 664. The third-order valence-corrected chi connectivity index (χ3v) is 2.96. The number of nitrogens with zero attached hydrogens (tertiary/aromatic N) is 4.